The van der Waals surface area contributed by atoms with Crippen molar-refractivity contribution in [2.75, 3.05) is 19.8 Å². The Morgan fingerprint density at radius 3 is 2.57 bits per heavy atom. The van der Waals surface area contributed by atoms with Crippen LogP contribution in [0.1, 0.15) is 60.3 Å². The van der Waals surface area contributed by atoms with E-state index < -0.39 is 0 Å². The number of halogens is 1. The summed E-state index contributed by atoms with van der Waals surface area (Å²) in [7, 11) is 0. The molecule has 0 bridgehead atoms. The molecule has 3 aromatic rings. The molecule has 1 aromatic carbocycles. The number of carbonyl (C=O) groups excluding carboxylic acids is 2. The highest BCUT2D eigenvalue weighted by molar-refractivity contribution is 6.30. The number of carbonyl (C=O) groups is 2. The number of imidazole rings is 1. The SMILES string of the molecule is O=C(Cc1cn2c(C(=O)NCC3(c4ccc(Cl)cc4)CCOCC3)cccc2n1)NC1CCCC1. The third-order valence-electron chi connectivity index (χ3n) is 7.33. The summed E-state index contributed by atoms with van der Waals surface area (Å²) in [5, 5.41) is 6.95. The molecule has 7 nitrogen and oxygen atoms in total. The highest BCUT2D eigenvalue weighted by Crippen LogP contribution is 2.35. The first-order chi connectivity index (χ1) is 17.0. The molecule has 184 valence electrons. The maximum atomic E-state index is 13.3. The lowest BCUT2D eigenvalue weighted by Crippen LogP contribution is -2.44. The summed E-state index contributed by atoms with van der Waals surface area (Å²) in [6.07, 6.45) is 8.08. The van der Waals surface area contributed by atoms with Gasteiger partial charge in [-0.25, -0.2) is 4.98 Å². The lowest BCUT2D eigenvalue weighted by Gasteiger charge is -2.38. The summed E-state index contributed by atoms with van der Waals surface area (Å²) in [6, 6.07) is 13.6. The van der Waals surface area contributed by atoms with E-state index in [9.17, 15) is 9.59 Å². The smallest absolute Gasteiger partial charge is 0.268 e. The van der Waals surface area contributed by atoms with Crippen LogP contribution in [0.5, 0.6) is 0 Å². The van der Waals surface area contributed by atoms with Gasteiger partial charge in [-0.2, -0.15) is 0 Å². The van der Waals surface area contributed by atoms with Gasteiger partial charge in [0.2, 0.25) is 5.91 Å². The van der Waals surface area contributed by atoms with Gasteiger partial charge in [-0.15, -0.1) is 0 Å². The topological polar surface area (TPSA) is 84.7 Å². The zero-order chi connectivity index (χ0) is 24.3. The van der Waals surface area contributed by atoms with E-state index in [-0.39, 0.29) is 29.7 Å². The number of benzene rings is 1. The van der Waals surface area contributed by atoms with E-state index in [1.165, 1.54) is 12.8 Å². The number of hydrogen-bond donors (Lipinski definition) is 2. The molecule has 8 heteroatoms. The van der Waals surface area contributed by atoms with E-state index in [1.54, 1.807) is 16.7 Å². The fourth-order valence-corrected chi connectivity index (χ4v) is 5.44. The maximum Gasteiger partial charge on any atom is 0.268 e. The molecular formula is C27H31ClN4O3. The van der Waals surface area contributed by atoms with E-state index in [2.05, 4.69) is 15.6 Å². The lowest BCUT2D eigenvalue weighted by molar-refractivity contribution is -0.121. The second-order valence-corrected chi connectivity index (χ2v) is 10.1. The Hall–Kier alpha value is -2.90. The van der Waals surface area contributed by atoms with Crippen LogP contribution >= 0.6 is 11.6 Å². The second-order valence-electron chi connectivity index (χ2n) is 9.68. The minimum absolute atomic E-state index is 0.0178. The van der Waals surface area contributed by atoms with Gasteiger partial charge in [-0.05, 0) is 55.5 Å². The molecule has 1 aliphatic heterocycles. The molecule has 2 amide bonds. The van der Waals surface area contributed by atoms with Gasteiger partial charge in [0, 0.05) is 42.4 Å². The summed E-state index contributed by atoms with van der Waals surface area (Å²) >= 11 is 6.11. The number of hydrogen-bond acceptors (Lipinski definition) is 4. The maximum absolute atomic E-state index is 13.3. The summed E-state index contributed by atoms with van der Waals surface area (Å²) in [5.74, 6) is -0.189. The molecule has 1 saturated carbocycles. The van der Waals surface area contributed by atoms with Crippen LogP contribution in [-0.2, 0) is 21.4 Å². The Morgan fingerprint density at radius 2 is 1.83 bits per heavy atom. The Kier molecular flexibility index (Phi) is 7.07. The van der Waals surface area contributed by atoms with Crippen LogP contribution in [0.15, 0.2) is 48.7 Å². The van der Waals surface area contributed by atoms with Crippen molar-refractivity contribution in [1.82, 2.24) is 20.0 Å². The molecule has 3 heterocycles. The second kappa shape index (κ2) is 10.4. The van der Waals surface area contributed by atoms with E-state index in [0.717, 1.165) is 31.2 Å². The number of nitrogens with zero attached hydrogens (tertiary/aromatic N) is 2. The largest absolute Gasteiger partial charge is 0.381 e. The van der Waals surface area contributed by atoms with Gasteiger partial charge < -0.3 is 15.4 Å². The number of pyridine rings is 1. The molecule has 1 saturated heterocycles. The number of amides is 2. The van der Waals surface area contributed by atoms with Crippen molar-refractivity contribution in [2.24, 2.45) is 0 Å². The average molecular weight is 495 g/mol. The van der Waals surface area contributed by atoms with E-state index >= 15 is 0 Å². The minimum atomic E-state index is -0.204. The summed E-state index contributed by atoms with van der Waals surface area (Å²) < 4.78 is 7.38. The van der Waals surface area contributed by atoms with Crippen molar-refractivity contribution >= 4 is 29.1 Å². The average Bonchev–Trinajstić information content (AvgIpc) is 3.52. The monoisotopic (exact) mass is 494 g/mol. The van der Waals surface area contributed by atoms with E-state index in [4.69, 9.17) is 16.3 Å². The third-order valence-corrected chi connectivity index (χ3v) is 7.58. The molecule has 1 aliphatic carbocycles. The van der Waals surface area contributed by atoms with Gasteiger partial charge in [0.15, 0.2) is 0 Å². The van der Waals surface area contributed by atoms with Crippen LogP contribution < -0.4 is 10.6 Å². The molecule has 2 aliphatic rings. The summed E-state index contributed by atoms with van der Waals surface area (Å²) in [6.45, 7) is 1.81. The van der Waals surface area contributed by atoms with E-state index in [0.29, 0.717) is 41.8 Å². The van der Waals surface area contributed by atoms with Gasteiger partial charge >= 0.3 is 0 Å². The Bertz CT molecular complexity index is 1190. The fourth-order valence-electron chi connectivity index (χ4n) is 5.32. The van der Waals surface area contributed by atoms with E-state index in [1.807, 2.05) is 36.4 Å². The van der Waals surface area contributed by atoms with Crippen molar-refractivity contribution in [3.8, 4) is 0 Å². The highest BCUT2D eigenvalue weighted by atomic mass is 35.5. The highest BCUT2D eigenvalue weighted by Gasteiger charge is 2.35. The zero-order valence-corrected chi connectivity index (χ0v) is 20.5. The fraction of sp³-hybridized carbons (Fsp3) is 0.444. The Balaban J connectivity index is 1.30. The molecule has 0 spiro atoms. The molecule has 0 radical (unpaired) electrons. The van der Waals surface area contributed by atoms with Crippen LogP contribution in [-0.4, -0.2) is 47.0 Å². The van der Waals surface area contributed by atoms with Crippen molar-refractivity contribution < 1.29 is 14.3 Å². The van der Waals surface area contributed by atoms with Crippen molar-refractivity contribution in [1.29, 1.82) is 0 Å². The first kappa shape index (κ1) is 23.8. The number of nitrogens with one attached hydrogen (secondary N) is 2. The molecule has 2 aromatic heterocycles. The van der Waals surface area contributed by atoms with Crippen LogP contribution in [0.25, 0.3) is 5.65 Å². The molecule has 2 N–H and O–H groups in total. The van der Waals surface area contributed by atoms with Crippen LogP contribution in [0, 0.1) is 0 Å². The summed E-state index contributed by atoms with van der Waals surface area (Å²) in [4.78, 5) is 30.4. The zero-order valence-electron chi connectivity index (χ0n) is 19.8. The normalized spacial score (nSPS) is 18.0. The first-order valence-electron chi connectivity index (χ1n) is 12.4. The molecule has 2 fully saturated rings. The molecule has 0 unspecified atom stereocenters. The van der Waals surface area contributed by atoms with Gasteiger partial charge in [0.05, 0.1) is 12.1 Å². The standard InChI is InChI=1S/C27H31ClN4O3/c28-20-10-8-19(9-11-20)27(12-14-35-15-13-27)18-29-26(34)23-6-3-7-24-30-22(17-32(23)24)16-25(33)31-21-4-1-2-5-21/h3,6-11,17,21H,1-2,4-5,12-16,18H2,(H,29,34)(H,31,33). The lowest BCUT2D eigenvalue weighted by atomic mass is 9.74. The predicted octanol–water partition coefficient (Wildman–Crippen LogP) is 4.07. The van der Waals surface area contributed by atoms with Crippen LogP contribution in [0.2, 0.25) is 5.02 Å². The molecule has 0 atom stereocenters. The number of ether oxygens (including phenoxy) is 1. The van der Waals surface area contributed by atoms with Gasteiger partial charge in [0.25, 0.3) is 5.91 Å². The molecule has 5 rings (SSSR count). The Labute approximate surface area is 210 Å². The van der Waals surface area contributed by atoms with Crippen molar-refractivity contribution in [3.63, 3.8) is 0 Å². The van der Waals surface area contributed by atoms with Crippen LogP contribution in [0.3, 0.4) is 0 Å². The number of fused-ring (bicyclic) bond motifs is 1. The Morgan fingerprint density at radius 1 is 1.09 bits per heavy atom. The minimum Gasteiger partial charge on any atom is -0.381 e. The molecular weight excluding hydrogens is 464 g/mol. The van der Waals surface area contributed by atoms with Crippen molar-refractivity contribution in [3.05, 3.63) is 70.6 Å². The molecule has 35 heavy (non-hydrogen) atoms. The van der Waals surface area contributed by atoms with Crippen molar-refractivity contribution in [2.45, 2.75) is 56.4 Å². The quantitative estimate of drug-likeness (QED) is 0.518. The van der Waals surface area contributed by atoms with Crippen LogP contribution in [0.4, 0.5) is 0 Å². The summed E-state index contributed by atoms with van der Waals surface area (Å²) in [5.41, 5.74) is 2.76. The predicted molar refractivity (Wildman–Crippen MR) is 135 cm³/mol. The van der Waals surface area contributed by atoms with Gasteiger partial charge in [-0.3, -0.25) is 14.0 Å². The number of rotatable bonds is 7. The number of aromatic nitrogens is 2. The van der Waals surface area contributed by atoms with Gasteiger partial charge in [-0.1, -0.05) is 42.6 Å². The first-order valence-corrected chi connectivity index (χ1v) is 12.8. The van der Waals surface area contributed by atoms with Gasteiger partial charge in [0.1, 0.15) is 11.3 Å². The third kappa shape index (κ3) is 5.36.